The molecule has 0 fully saturated rings. The molecule has 1 atom stereocenters. The highest BCUT2D eigenvalue weighted by Crippen LogP contribution is 2.05. The summed E-state index contributed by atoms with van der Waals surface area (Å²) in [5.41, 5.74) is 0. The third-order valence-electron chi connectivity index (χ3n) is 2.39. The molecule has 0 aliphatic rings. The Morgan fingerprint density at radius 1 is 1.38 bits per heavy atom. The molecule has 16 heavy (non-hydrogen) atoms. The van der Waals surface area contributed by atoms with E-state index in [0.29, 0.717) is 19.1 Å². The van der Waals surface area contributed by atoms with Crippen LogP contribution in [0, 0.1) is 11.8 Å². The molecule has 0 bridgehead atoms. The lowest BCUT2D eigenvalue weighted by molar-refractivity contribution is -0.136. The first-order valence-corrected chi connectivity index (χ1v) is 5.95. The van der Waals surface area contributed by atoms with Gasteiger partial charge in [-0.3, -0.25) is 4.79 Å². The fourth-order valence-corrected chi connectivity index (χ4v) is 1.64. The number of hydrogen-bond donors (Lipinski definition) is 1. The fourth-order valence-electron chi connectivity index (χ4n) is 1.64. The maximum Gasteiger partial charge on any atom is 0.226 e. The van der Waals surface area contributed by atoms with Gasteiger partial charge in [-0.2, -0.15) is 0 Å². The molecule has 0 aromatic heterocycles. The maximum absolute atomic E-state index is 12.1. The van der Waals surface area contributed by atoms with Gasteiger partial charge in [0.25, 0.3) is 0 Å². The van der Waals surface area contributed by atoms with Crippen LogP contribution in [-0.2, 0) is 9.53 Å². The predicted molar refractivity (Wildman–Crippen MR) is 66.4 cm³/mol. The monoisotopic (exact) mass is 230 g/mol. The van der Waals surface area contributed by atoms with Crippen LogP contribution in [0.1, 0.15) is 20.8 Å². The minimum atomic E-state index is 0.0283. The van der Waals surface area contributed by atoms with E-state index in [9.17, 15) is 4.79 Å². The first kappa shape index (κ1) is 15.4. The van der Waals surface area contributed by atoms with Crippen LogP contribution in [0.15, 0.2) is 0 Å². The van der Waals surface area contributed by atoms with Crippen molar-refractivity contribution in [3.63, 3.8) is 0 Å². The lowest BCUT2D eigenvalue weighted by Crippen LogP contribution is -2.42. The number of ether oxygens (including phenoxy) is 1. The summed E-state index contributed by atoms with van der Waals surface area (Å²) in [6.45, 7) is 9.01. The summed E-state index contributed by atoms with van der Waals surface area (Å²) >= 11 is 0. The van der Waals surface area contributed by atoms with Crippen molar-refractivity contribution in [2.45, 2.75) is 20.8 Å². The molecule has 1 unspecified atom stereocenters. The fraction of sp³-hybridized carbons (Fsp3) is 0.917. The van der Waals surface area contributed by atoms with Crippen molar-refractivity contribution in [2.75, 3.05) is 40.4 Å². The molecule has 1 amide bonds. The number of carbonyl (C=O) groups is 1. The smallest absolute Gasteiger partial charge is 0.226 e. The van der Waals surface area contributed by atoms with Crippen molar-refractivity contribution in [3.05, 3.63) is 0 Å². The summed E-state index contributed by atoms with van der Waals surface area (Å²) in [7, 11) is 3.53. The number of methoxy groups -OCH3 is 1. The molecule has 0 rings (SSSR count). The Balaban J connectivity index is 4.29. The molecule has 0 saturated carbocycles. The van der Waals surface area contributed by atoms with Gasteiger partial charge in [-0.15, -0.1) is 0 Å². The third-order valence-corrected chi connectivity index (χ3v) is 2.39. The summed E-state index contributed by atoms with van der Waals surface area (Å²) < 4.78 is 5.03. The van der Waals surface area contributed by atoms with Crippen molar-refractivity contribution >= 4 is 5.91 Å². The van der Waals surface area contributed by atoms with Gasteiger partial charge in [0, 0.05) is 32.7 Å². The van der Waals surface area contributed by atoms with Gasteiger partial charge in [0.15, 0.2) is 0 Å². The van der Waals surface area contributed by atoms with Crippen LogP contribution < -0.4 is 5.32 Å². The van der Waals surface area contributed by atoms with Crippen molar-refractivity contribution < 1.29 is 9.53 Å². The Morgan fingerprint density at radius 2 is 2.00 bits per heavy atom. The van der Waals surface area contributed by atoms with Crippen LogP contribution in [0.25, 0.3) is 0 Å². The van der Waals surface area contributed by atoms with Crippen LogP contribution in [0.4, 0.5) is 0 Å². The zero-order chi connectivity index (χ0) is 12.6. The van der Waals surface area contributed by atoms with Crippen LogP contribution >= 0.6 is 0 Å². The van der Waals surface area contributed by atoms with E-state index in [-0.39, 0.29) is 11.8 Å². The first-order valence-electron chi connectivity index (χ1n) is 5.95. The highest BCUT2D eigenvalue weighted by Gasteiger charge is 2.20. The molecular formula is C12H26N2O2. The molecule has 0 saturated heterocycles. The minimum Gasteiger partial charge on any atom is -0.383 e. The highest BCUT2D eigenvalue weighted by molar-refractivity contribution is 5.78. The summed E-state index contributed by atoms with van der Waals surface area (Å²) in [6.07, 6.45) is 0. The molecule has 96 valence electrons. The second kappa shape index (κ2) is 8.53. The van der Waals surface area contributed by atoms with E-state index in [2.05, 4.69) is 19.2 Å². The second-order valence-corrected chi connectivity index (χ2v) is 4.63. The molecular weight excluding hydrogens is 204 g/mol. The number of hydrogen-bond acceptors (Lipinski definition) is 3. The third kappa shape index (κ3) is 6.08. The number of carbonyl (C=O) groups excluding carboxylic acids is 1. The van der Waals surface area contributed by atoms with Gasteiger partial charge >= 0.3 is 0 Å². The lowest BCUT2D eigenvalue weighted by atomic mass is 10.1. The second-order valence-electron chi connectivity index (χ2n) is 4.63. The summed E-state index contributed by atoms with van der Waals surface area (Å²) in [4.78, 5) is 14.0. The molecule has 0 aliphatic carbocycles. The van der Waals surface area contributed by atoms with Gasteiger partial charge in [0.2, 0.25) is 5.91 Å². The van der Waals surface area contributed by atoms with Crippen molar-refractivity contribution in [1.29, 1.82) is 0 Å². The van der Waals surface area contributed by atoms with Crippen LogP contribution in [0.5, 0.6) is 0 Å². The molecule has 0 aromatic rings. The number of rotatable bonds is 8. The average molecular weight is 230 g/mol. The van der Waals surface area contributed by atoms with Gasteiger partial charge in [-0.25, -0.2) is 0 Å². The quantitative estimate of drug-likeness (QED) is 0.675. The zero-order valence-electron chi connectivity index (χ0n) is 11.2. The van der Waals surface area contributed by atoms with E-state index in [1.165, 1.54) is 0 Å². The van der Waals surface area contributed by atoms with Crippen molar-refractivity contribution in [1.82, 2.24) is 10.2 Å². The van der Waals surface area contributed by atoms with E-state index < -0.39 is 0 Å². The van der Waals surface area contributed by atoms with E-state index in [0.717, 1.165) is 13.1 Å². The van der Waals surface area contributed by atoms with Gasteiger partial charge in [0.1, 0.15) is 0 Å². The molecule has 0 radical (unpaired) electrons. The molecule has 0 spiro atoms. The largest absolute Gasteiger partial charge is 0.383 e. The first-order chi connectivity index (χ1) is 7.52. The van der Waals surface area contributed by atoms with Gasteiger partial charge in [-0.05, 0) is 13.0 Å². The molecule has 4 heteroatoms. The van der Waals surface area contributed by atoms with Crippen LogP contribution in [-0.4, -0.2) is 51.2 Å². The molecule has 0 aromatic carbocycles. The molecule has 0 heterocycles. The Morgan fingerprint density at radius 3 is 2.44 bits per heavy atom. The molecule has 1 N–H and O–H groups in total. The predicted octanol–water partition coefficient (Wildman–Crippen LogP) is 0.973. The van der Waals surface area contributed by atoms with Gasteiger partial charge < -0.3 is 15.0 Å². The number of nitrogens with one attached hydrogen (secondary N) is 1. The van der Waals surface area contributed by atoms with Crippen LogP contribution in [0.2, 0.25) is 0 Å². The number of amides is 1. The van der Waals surface area contributed by atoms with Crippen LogP contribution in [0.3, 0.4) is 0 Å². The normalized spacial score (nSPS) is 12.9. The van der Waals surface area contributed by atoms with Crippen molar-refractivity contribution in [2.24, 2.45) is 11.8 Å². The van der Waals surface area contributed by atoms with Crippen molar-refractivity contribution in [3.8, 4) is 0 Å². The molecule has 0 aliphatic heterocycles. The lowest BCUT2D eigenvalue weighted by Gasteiger charge is -2.27. The van der Waals surface area contributed by atoms with Gasteiger partial charge in [0.05, 0.1) is 6.61 Å². The maximum atomic E-state index is 12.1. The average Bonchev–Trinajstić information content (AvgIpc) is 2.23. The summed E-state index contributed by atoms with van der Waals surface area (Å²) in [5, 5.41) is 3.03. The van der Waals surface area contributed by atoms with E-state index in [1.807, 2.05) is 18.9 Å². The van der Waals surface area contributed by atoms with E-state index in [4.69, 9.17) is 4.74 Å². The van der Waals surface area contributed by atoms with Gasteiger partial charge in [-0.1, -0.05) is 20.8 Å². The number of nitrogens with zero attached hydrogens (tertiary/aromatic N) is 1. The van der Waals surface area contributed by atoms with E-state index in [1.54, 1.807) is 7.11 Å². The van der Waals surface area contributed by atoms with E-state index >= 15 is 0 Å². The Bertz CT molecular complexity index is 195. The highest BCUT2D eigenvalue weighted by atomic mass is 16.5. The Kier molecular flexibility index (Phi) is 8.21. The standard InChI is InChI=1S/C12H26N2O2/c1-10(2)9-14(6-7-16-5)12(15)11(3)8-13-4/h10-11,13H,6-9H2,1-5H3. The Hall–Kier alpha value is -0.610. The molecule has 4 nitrogen and oxygen atoms in total. The summed E-state index contributed by atoms with van der Waals surface area (Å²) in [5.74, 6) is 0.725. The SMILES string of the molecule is CNCC(C)C(=O)N(CCOC)CC(C)C. The zero-order valence-corrected chi connectivity index (χ0v) is 11.2. The minimum absolute atomic E-state index is 0.0283. The topological polar surface area (TPSA) is 41.6 Å². The summed E-state index contributed by atoms with van der Waals surface area (Å²) in [6, 6.07) is 0. The Labute approximate surface area is 99.3 Å².